The van der Waals surface area contributed by atoms with Crippen LogP contribution in [-0.2, 0) is 14.3 Å². The van der Waals surface area contributed by atoms with E-state index in [9.17, 15) is 9.59 Å². The molecular weight excluding hydrogens is 240 g/mol. The molecule has 0 rings (SSSR count). The van der Waals surface area contributed by atoms with Crippen molar-refractivity contribution in [1.29, 1.82) is 0 Å². The van der Waals surface area contributed by atoms with Crippen molar-refractivity contribution in [2.24, 2.45) is 5.92 Å². The van der Waals surface area contributed by atoms with Crippen LogP contribution in [0.5, 0.6) is 0 Å². The van der Waals surface area contributed by atoms with E-state index in [0.717, 1.165) is 12.8 Å². The number of ether oxygens (including phenoxy) is 1. The molecule has 3 nitrogen and oxygen atoms in total. The summed E-state index contributed by atoms with van der Waals surface area (Å²) in [6.45, 7) is 4.14. The quantitative estimate of drug-likeness (QED) is 0.302. The lowest BCUT2D eigenvalue weighted by Crippen LogP contribution is -2.16. The molecule has 0 aromatic rings. The van der Waals surface area contributed by atoms with Crippen molar-refractivity contribution in [1.82, 2.24) is 0 Å². The molecule has 0 N–H and O–H groups in total. The molecule has 0 saturated carbocycles. The summed E-state index contributed by atoms with van der Waals surface area (Å²) in [5.74, 6) is -0.429. The number of unbranched alkanes of at least 4 members (excludes halogenated alkanes) is 7. The number of hydrogen-bond donors (Lipinski definition) is 0. The zero-order valence-electron chi connectivity index (χ0n) is 12.9. The number of Topliss-reactive ketones (excluding diaryl/α,β-unsaturated/α-hetero) is 1. The van der Waals surface area contributed by atoms with Crippen LogP contribution in [0.15, 0.2) is 0 Å². The van der Waals surface area contributed by atoms with Crippen molar-refractivity contribution in [2.75, 3.05) is 7.11 Å². The van der Waals surface area contributed by atoms with Crippen LogP contribution >= 0.6 is 0 Å². The smallest absolute Gasteiger partial charge is 0.313 e. The highest BCUT2D eigenvalue weighted by atomic mass is 16.5. The first-order valence-electron chi connectivity index (χ1n) is 7.71. The van der Waals surface area contributed by atoms with Gasteiger partial charge in [-0.1, -0.05) is 65.2 Å². The van der Waals surface area contributed by atoms with E-state index >= 15 is 0 Å². The molecule has 0 aliphatic carbocycles. The average molecular weight is 270 g/mol. The minimum absolute atomic E-state index is 0.00907. The maximum Gasteiger partial charge on any atom is 0.313 e. The van der Waals surface area contributed by atoms with E-state index in [4.69, 9.17) is 0 Å². The van der Waals surface area contributed by atoms with Crippen LogP contribution in [0.25, 0.3) is 0 Å². The second-order valence-corrected chi connectivity index (χ2v) is 5.38. The Hall–Kier alpha value is -0.860. The van der Waals surface area contributed by atoms with E-state index < -0.39 is 5.97 Å². The van der Waals surface area contributed by atoms with Crippen LogP contribution in [0.2, 0.25) is 0 Å². The Bertz CT molecular complexity index is 248. The van der Waals surface area contributed by atoms with Crippen LogP contribution in [-0.4, -0.2) is 18.9 Å². The van der Waals surface area contributed by atoms with Crippen LogP contribution < -0.4 is 0 Å². The van der Waals surface area contributed by atoms with Crippen molar-refractivity contribution in [3.63, 3.8) is 0 Å². The van der Waals surface area contributed by atoms with Gasteiger partial charge in [-0.2, -0.15) is 0 Å². The van der Waals surface area contributed by atoms with Gasteiger partial charge in [0, 0.05) is 5.92 Å². The van der Waals surface area contributed by atoms with Crippen molar-refractivity contribution in [3.8, 4) is 0 Å². The molecule has 0 aromatic heterocycles. The van der Waals surface area contributed by atoms with Crippen LogP contribution in [0.1, 0.15) is 78.1 Å². The van der Waals surface area contributed by atoms with Gasteiger partial charge in [0.15, 0.2) is 0 Å². The van der Waals surface area contributed by atoms with Gasteiger partial charge < -0.3 is 4.74 Å². The molecule has 0 aliphatic heterocycles. The van der Waals surface area contributed by atoms with Crippen molar-refractivity contribution >= 4 is 11.8 Å². The molecule has 0 aliphatic rings. The third-order valence-corrected chi connectivity index (χ3v) is 3.59. The van der Waals surface area contributed by atoms with Gasteiger partial charge >= 0.3 is 5.97 Å². The van der Waals surface area contributed by atoms with Gasteiger partial charge in [-0.05, 0) is 6.42 Å². The van der Waals surface area contributed by atoms with E-state index in [1.807, 2.05) is 6.92 Å². The Morgan fingerprint density at radius 1 is 0.947 bits per heavy atom. The first-order valence-corrected chi connectivity index (χ1v) is 7.71. The summed E-state index contributed by atoms with van der Waals surface area (Å²) in [6.07, 6.45) is 11.0. The van der Waals surface area contributed by atoms with Crippen molar-refractivity contribution < 1.29 is 14.3 Å². The predicted molar refractivity (Wildman–Crippen MR) is 78.0 cm³/mol. The van der Waals surface area contributed by atoms with E-state index in [1.54, 1.807) is 0 Å². The summed E-state index contributed by atoms with van der Waals surface area (Å²) in [5, 5.41) is 0. The molecule has 0 saturated heterocycles. The minimum atomic E-state index is -0.423. The molecule has 0 bridgehead atoms. The van der Waals surface area contributed by atoms with Crippen LogP contribution in [0, 0.1) is 5.92 Å². The molecule has 0 spiro atoms. The summed E-state index contributed by atoms with van der Waals surface area (Å²) in [7, 11) is 1.32. The standard InChI is InChI=1S/C16H30O3/c1-4-5-6-7-8-9-10-11-12-14(2)15(17)13-16(18)19-3/h14H,4-13H2,1-3H3/t14-/m0/s1. The zero-order chi connectivity index (χ0) is 14.5. The largest absolute Gasteiger partial charge is 0.469 e. The van der Waals surface area contributed by atoms with Gasteiger partial charge in [-0.3, -0.25) is 9.59 Å². The third kappa shape index (κ3) is 10.7. The molecule has 0 radical (unpaired) electrons. The monoisotopic (exact) mass is 270 g/mol. The maximum absolute atomic E-state index is 11.6. The first kappa shape index (κ1) is 18.1. The van der Waals surface area contributed by atoms with Gasteiger partial charge in [-0.15, -0.1) is 0 Å². The molecule has 1 atom stereocenters. The molecule has 112 valence electrons. The fraction of sp³-hybridized carbons (Fsp3) is 0.875. The molecule has 0 amide bonds. The van der Waals surface area contributed by atoms with Crippen molar-refractivity contribution in [3.05, 3.63) is 0 Å². The lowest BCUT2D eigenvalue weighted by atomic mass is 9.96. The summed E-state index contributed by atoms with van der Waals surface area (Å²) < 4.78 is 4.50. The second kappa shape index (κ2) is 12.2. The highest BCUT2D eigenvalue weighted by Gasteiger charge is 2.16. The van der Waals surface area contributed by atoms with Crippen LogP contribution in [0.4, 0.5) is 0 Å². The molecule has 0 aromatic carbocycles. The second-order valence-electron chi connectivity index (χ2n) is 5.38. The highest BCUT2D eigenvalue weighted by Crippen LogP contribution is 2.14. The molecular formula is C16H30O3. The number of carbonyl (C=O) groups excluding carboxylic acids is 2. The van der Waals surface area contributed by atoms with Crippen molar-refractivity contribution in [2.45, 2.75) is 78.1 Å². The number of esters is 1. The Labute approximate surface area is 118 Å². The first-order chi connectivity index (χ1) is 9.11. The fourth-order valence-electron chi connectivity index (χ4n) is 2.13. The van der Waals surface area contributed by atoms with Gasteiger partial charge in [0.2, 0.25) is 0 Å². The number of hydrogen-bond acceptors (Lipinski definition) is 3. The van der Waals surface area contributed by atoms with Crippen LogP contribution in [0.3, 0.4) is 0 Å². The number of carbonyl (C=O) groups is 2. The summed E-state index contributed by atoms with van der Waals surface area (Å²) in [6, 6.07) is 0. The van der Waals surface area contributed by atoms with Gasteiger partial charge in [0.05, 0.1) is 7.11 Å². The molecule has 0 heterocycles. The maximum atomic E-state index is 11.6. The molecule has 0 fully saturated rings. The van der Waals surface area contributed by atoms with E-state index in [0.29, 0.717) is 0 Å². The zero-order valence-corrected chi connectivity index (χ0v) is 12.9. The summed E-state index contributed by atoms with van der Waals surface area (Å²) in [5.41, 5.74) is 0. The van der Waals surface area contributed by atoms with Gasteiger partial charge in [0.1, 0.15) is 12.2 Å². The molecule has 3 heteroatoms. The topological polar surface area (TPSA) is 43.4 Å². The van der Waals surface area contributed by atoms with Gasteiger partial charge in [0.25, 0.3) is 0 Å². The van der Waals surface area contributed by atoms with E-state index in [-0.39, 0.29) is 18.1 Å². The average Bonchev–Trinajstić information content (AvgIpc) is 2.41. The Kier molecular flexibility index (Phi) is 11.6. The minimum Gasteiger partial charge on any atom is -0.469 e. The fourth-order valence-corrected chi connectivity index (χ4v) is 2.13. The summed E-state index contributed by atoms with van der Waals surface area (Å²) >= 11 is 0. The summed E-state index contributed by atoms with van der Waals surface area (Å²) in [4.78, 5) is 22.6. The third-order valence-electron chi connectivity index (χ3n) is 3.59. The SMILES string of the molecule is CCCCCCCCCC[C@H](C)C(=O)CC(=O)OC. The molecule has 19 heavy (non-hydrogen) atoms. The lowest BCUT2D eigenvalue weighted by Gasteiger charge is -2.09. The Morgan fingerprint density at radius 2 is 1.47 bits per heavy atom. The Balaban J connectivity index is 3.45. The van der Waals surface area contributed by atoms with E-state index in [2.05, 4.69) is 11.7 Å². The lowest BCUT2D eigenvalue weighted by molar-refractivity contribution is -0.144. The van der Waals surface area contributed by atoms with E-state index in [1.165, 1.54) is 52.1 Å². The number of methoxy groups -OCH3 is 1. The Morgan fingerprint density at radius 3 is 2.00 bits per heavy atom. The molecule has 0 unspecified atom stereocenters. The number of rotatable bonds is 12. The normalized spacial score (nSPS) is 12.2. The number of ketones is 1. The highest BCUT2D eigenvalue weighted by molar-refractivity contribution is 5.96. The van der Waals surface area contributed by atoms with Gasteiger partial charge in [-0.25, -0.2) is 0 Å². The predicted octanol–water partition coefficient (Wildman–Crippen LogP) is 4.29.